The lowest BCUT2D eigenvalue weighted by Crippen LogP contribution is -2.44. The quantitative estimate of drug-likeness (QED) is 0.623. The highest BCUT2D eigenvalue weighted by atomic mass is 32.2. The minimum Gasteiger partial charge on any atom is -0.356 e. The van der Waals surface area contributed by atoms with Gasteiger partial charge >= 0.3 is 0 Å². The number of piperidine rings is 1. The van der Waals surface area contributed by atoms with Gasteiger partial charge in [-0.2, -0.15) is 0 Å². The van der Waals surface area contributed by atoms with E-state index in [2.05, 4.69) is 32.9 Å². The summed E-state index contributed by atoms with van der Waals surface area (Å²) in [7, 11) is 0. The molecule has 3 aliphatic rings. The van der Waals surface area contributed by atoms with E-state index in [0.29, 0.717) is 11.0 Å². The molecule has 158 valence electrons. The van der Waals surface area contributed by atoms with Crippen molar-refractivity contribution < 1.29 is 4.79 Å². The topological polar surface area (TPSA) is 57.3 Å². The van der Waals surface area contributed by atoms with Gasteiger partial charge in [-0.15, -0.1) is 0 Å². The molecule has 6 heteroatoms. The predicted molar refractivity (Wildman–Crippen MR) is 123 cm³/mol. The van der Waals surface area contributed by atoms with Crippen molar-refractivity contribution in [3.8, 4) is 0 Å². The maximum atomic E-state index is 13.1. The first-order chi connectivity index (χ1) is 14.5. The summed E-state index contributed by atoms with van der Waals surface area (Å²) in [6, 6.07) is 11.8. The van der Waals surface area contributed by atoms with E-state index in [9.17, 15) is 4.79 Å². The molecule has 1 aliphatic heterocycles. The van der Waals surface area contributed by atoms with Crippen LogP contribution in [0.5, 0.6) is 0 Å². The Bertz CT molecular complexity index is 928. The Morgan fingerprint density at radius 3 is 2.57 bits per heavy atom. The number of hydrogen-bond donors (Lipinski definition) is 2. The highest BCUT2D eigenvalue weighted by Crippen LogP contribution is 2.53. The molecule has 2 aromatic rings. The number of carbonyl (C=O) groups excluding carboxylic acids is 1. The number of anilines is 2. The molecule has 1 saturated heterocycles. The van der Waals surface area contributed by atoms with Gasteiger partial charge in [0.25, 0.3) is 5.91 Å². The second-order valence-electron chi connectivity index (χ2n) is 9.46. The van der Waals surface area contributed by atoms with Crippen LogP contribution in [-0.4, -0.2) is 29.5 Å². The van der Waals surface area contributed by atoms with Crippen molar-refractivity contribution in [1.82, 2.24) is 9.71 Å². The van der Waals surface area contributed by atoms with Crippen molar-refractivity contribution in [2.24, 2.45) is 5.41 Å². The van der Waals surface area contributed by atoms with Gasteiger partial charge < -0.3 is 10.2 Å². The fourth-order valence-electron chi connectivity index (χ4n) is 4.52. The third-order valence-corrected chi connectivity index (χ3v) is 8.16. The third-order valence-electron chi connectivity index (χ3n) is 7.08. The Morgan fingerprint density at radius 1 is 1.07 bits per heavy atom. The maximum absolute atomic E-state index is 13.1. The molecule has 1 aromatic heterocycles. The lowest BCUT2D eigenvalue weighted by molar-refractivity contribution is 0.102. The molecule has 3 fully saturated rings. The molecule has 2 heterocycles. The van der Waals surface area contributed by atoms with Gasteiger partial charge in [-0.3, -0.25) is 9.52 Å². The first-order valence-corrected chi connectivity index (χ1v) is 11.9. The first kappa shape index (κ1) is 19.9. The van der Waals surface area contributed by atoms with E-state index in [1.54, 1.807) is 18.1 Å². The highest BCUT2D eigenvalue weighted by molar-refractivity contribution is 7.97. The molecule has 5 rings (SSSR count). The summed E-state index contributed by atoms with van der Waals surface area (Å²) < 4.78 is 3.58. The average molecular weight is 423 g/mol. The number of carbonyl (C=O) groups is 1. The number of amides is 1. The molecule has 0 unspecified atom stereocenters. The largest absolute Gasteiger partial charge is 0.356 e. The van der Waals surface area contributed by atoms with Gasteiger partial charge in [-0.05, 0) is 99.6 Å². The fourth-order valence-corrected chi connectivity index (χ4v) is 5.42. The minimum atomic E-state index is -0.0918. The van der Waals surface area contributed by atoms with E-state index in [4.69, 9.17) is 0 Å². The Morgan fingerprint density at radius 2 is 1.87 bits per heavy atom. The van der Waals surface area contributed by atoms with Crippen LogP contribution in [0.25, 0.3) is 0 Å². The Labute approximate surface area is 183 Å². The van der Waals surface area contributed by atoms with Gasteiger partial charge in [0.15, 0.2) is 0 Å². The molecule has 5 nitrogen and oxygen atoms in total. The van der Waals surface area contributed by atoms with Gasteiger partial charge in [0.2, 0.25) is 0 Å². The number of hydrogen-bond acceptors (Lipinski definition) is 5. The number of rotatable bonds is 6. The average Bonchev–Trinajstić information content (AvgIpc) is 3.50. The summed E-state index contributed by atoms with van der Waals surface area (Å²) in [5, 5.41) is 3.09. The molecule has 2 saturated carbocycles. The van der Waals surface area contributed by atoms with Crippen LogP contribution in [0.15, 0.2) is 47.5 Å². The van der Waals surface area contributed by atoms with Gasteiger partial charge in [-0.1, -0.05) is 6.07 Å². The highest BCUT2D eigenvalue weighted by Gasteiger charge is 2.44. The second-order valence-corrected chi connectivity index (χ2v) is 10.3. The zero-order chi connectivity index (χ0) is 20.6. The van der Waals surface area contributed by atoms with Crippen LogP contribution in [0.4, 0.5) is 11.5 Å². The molecule has 1 spiro atoms. The number of benzene rings is 1. The summed E-state index contributed by atoms with van der Waals surface area (Å²) in [6.07, 6.45) is 10.7. The molecule has 0 atom stereocenters. The summed E-state index contributed by atoms with van der Waals surface area (Å²) >= 11 is 1.65. The minimum absolute atomic E-state index is 0.0918. The number of nitrogens with zero attached hydrogens (tertiary/aromatic N) is 2. The second kappa shape index (κ2) is 7.89. The van der Waals surface area contributed by atoms with Crippen LogP contribution >= 0.6 is 11.9 Å². The number of nitrogens with one attached hydrogen (secondary N) is 2. The van der Waals surface area contributed by atoms with Crippen molar-refractivity contribution in [3.05, 3.63) is 48.2 Å². The van der Waals surface area contributed by atoms with Crippen molar-refractivity contribution in [1.29, 1.82) is 0 Å². The molecule has 0 bridgehead atoms. The predicted octanol–water partition coefficient (Wildman–Crippen LogP) is 5.25. The zero-order valence-electron chi connectivity index (χ0n) is 17.6. The van der Waals surface area contributed by atoms with Gasteiger partial charge in [0.1, 0.15) is 5.82 Å². The zero-order valence-corrected chi connectivity index (χ0v) is 18.4. The van der Waals surface area contributed by atoms with Crippen LogP contribution in [0.2, 0.25) is 0 Å². The molecule has 30 heavy (non-hydrogen) atoms. The molecule has 1 aromatic carbocycles. The SMILES string of the molecule is CC1(NSc2cccc(NC(=O)c3cccnc3N3CCC4(CC3)CC4)c2)CCC1. The molecule has 2 aliphatic carbocycles. The molecular formula is C24H30N4OS. The number of pyridine rings is 1. The summed E-state index contributed by atoms with van der Waals surface area (Å²) in [4.78, 5) is 21.1. The summed E-state index contributed by atoms with van der Waals surface area (Å²) in [5.41, 5.74) is 2.32. The van der Waals surface area contributed by atoms with Crippen LogP contribution in [0.3, 0.4) is 0 Å². The standard InChI is InChI=1S/C24H30N4OS/c1-23(8-4-9-23)27-30-19-6-2-5-18(17-19)26-22(29)20-7-3-14-25-21(20)28-15-12-24(10-11-24)13-16-28/h2-3,5-7,14,17,27H,4,8-13,15-16H2,1H3,(H,26,29). The van der Waals surface area contributed by atoms with Crippen molar-refractivity contribution in [2.75, 3.05) is 23.3 Å². The van der Waals surface area contributed by atoms with Gasteiger partial charge in [0.05, 0.1) is 5.56 Å². The van der Waals surface area contributed by atoms with Crippen LogP contribution in [-0.2, 0) is 0 Å². The van der Waals surface area contributed by atoms with E-state index in [1.165, 1.54) is 44.9 Å². The third kappa shape index (κ3) is 4.21. The lowest BCUT2D eigenvalue weighted by Gasteiger charge is -2.38. The van der Waals surface area contributed by atoms with Crippen LogP contribution in [0, 0.1) is 5.41 Å². The molecule has 0 radical (unpaired) electrons. The van der Waals surface area contributed by atoms with Crippen LogP contribution < -0.4 is 14.9 Å². The Kier molecular flexibility index (Phi) is 5.23. The maximum Gasteiger partial charge on any atom is 0.259 e. The van der Waals surface area contributed by atoms with E-state index in [0.717, 1.165) is 29.5 Å². The normalized spacial score (nSPS) is 21.2. The lowest BCUT2D eigenvalue weighted by atomic mass is 9.80. The first-order valence-electron chi connectivity index (χ1n) is 11.1. The van der Waals surface area contributed by atoms with E-state index < -0.39 is 0 Å². The van der Waals surface area contributed by atoms with Crippen molar-refractivity contribution in [3.63, 3.8) is 0 Å². The Balaban J connectivity index is 1.26. The monoisotopic (exact) mass is 422 g/mol. The van der Waals surface area contributed by atoms with Crippen molar-refractivity contribution >= 4 is 29.4 Å². The summed E-state index contributed by atoms with van der Waals surface area (Å²) in [6.45, 7) is 4.26. The molecule has 1 amide bonds. The van der Waals surface area contributed by atoms with Gasteiger partial charge in [0, 0.05) is 35.4 Å². The fraction of sp³-hybridized carbons (Fsp3) is 0.500. The Hall–Kier alpha value is -2.05. The molecule has 2 N–H and O–H groups in total. The summed E-state index contributed by atoms with van der Waals surface area (Å²) in [5.74, 6) is 0.724. The van der Waals surface area contributed by atoms with Gasteiger partial charge in [-0.25, -0.2) is 4.98 Å². The van der Waals surface area contributed by atoms with Crippen LogP contribution in [0.1, 0.15) is 62.2 Å². The molecular weight excluding hydrogens is 392 g/mol. The number of aromatic nitrogens is 1. The van der Waals surface area contributed by atoms with E-state index >= 15 is 0 Å². The van der Waals surface area contributed by atoms with Crippen molar-refractivity contribution in [2.45, 2.75) is 62.3 Å². The smallest absolute Gasteiger partial charge is 0.259 e. The van der Waals surface area contributed by atoms with E-state index in [-0.39, 0.29) is 11.4 Å². The van der Waals surface area contributed by atoms with E-state index in [1.807, 2.05) is 30.3 Å².